The van der Waals surface area contributed by atoms with Gasteiger partial charge in [-0.15, -0.1) is 0 Å². The quantitative estimate of drug-likeness (QED) is 0.741. The number of aromatic nitrogens is 2. The molecular formula is C20H28N4O3. The highest BCUT2D eigenvalue weighted by Crippen LogP contribution is 2.18. The Morgan fingerprint density at radius 1 is 1.11 bits per heavy atom. The first-order valence-corrected chi connectivity index (χ1v) is 9.33. The zero-order valence-corrected chi connectivity index (χ0v) is 16.4. The van der Waals surface area contributed by atoms with E-state index in [1.54, 1.807) is 11.8 Å². The lowest BCUT2D eigenvalue weighted by Crippen LogP contribution is -2.50. The summed E-state index contributed by atoms with van der Waals surface area (Å²) >= 11 is 0. The van der Waals surface area contributed by atoms with Gasteiger partial charge in [0, 0.05) is 44.5 Å². The Hall–Kier alpha value is -2.54. The first-order chi connectivity index (χ1) is 13.0. The maximum absolute atomic E-state index is 12.5. The molecule has 0 N–H and O–H groups in total. The molecule has 1 aromatic heterocycles. The van der Waals surface area contributed by atoms with Gasteiger partial charge in [0.05, 0.1) is 12.8 Å². The molecule has 1 amide bonds. The molecule has 0 aliphatic carbocycles. The summed E-state index contributed by atoms with van der Waals surface area (Å²) in [5, 5.41) is 4.37. The van der Waals surface area contributed by atoms with Gasteiger partial charge < -0.3 is 14.4 Å². The molecule has 3 rings (SSSR count). The van der Waals surface area contributed by atoms with E-state index in [1.165, 1.54) is 0 Å². The molecule has 1 aliphatic rings. The summed E-state index contributed by atoms with van der Waals surface area (Å²) in [6, 6.07) is 9.62. The third-order valence-electron chi connectivity index (χ3n) is 4.83. The number of piperazine rings is 1. The molecule has 0 atom stereocenters. The molecular weight excluding hydrogens is 344 g/mol. The topological polar surface area (TPSA) is 59.8 Å². The Bertz CT molecular complexity index is 766. The number of rotatable bonds is 7. The van der Waals surface area contributed by atoms with Crippen LogP contribution in [0.25, 0.3) is 0 Å². The van der Waals surface area contributed by atoms with Crippen molar-refractivity contribution in [2.45, 2.75) is 20.4 Å². The number of aryl methyl sites for hydroxylation is 2. The summed E-state index contributed by atoms with van der Waals surface area (Å²) in [4.78, 5) is 16.8. The Morgan fingerprint density at radius 3 is 2.52 bits per heavy atom. The van der Waals surface area contributed by atoms with Crippen LogP contribution in [0, 0.1) is 13.8 Å². The van der Waals surface area contributed by atoms with Gasteiger partial charge in [-0.2, -0.15) is 5.10 Å². The standard InChI is InChI=1S/C20H28N4O3/c1-16-13-17(2)24(21-16)15-20(25)23-9-7-22(8-10-23)11-12-27-19-6-4-5-18(14-19)26-3/h4-6,13-14H,7-12,15H2,1-3H3. The van der Waals surface area contributed by atoms with Gasteiger partial charge in [-0.05, 0) is 32.0 Å². The van der Waals surface area contributed by atoms with Gasteiger partial charge >= 0.3 is 0 Å². The number of nitrogens with zero attached hydrogens (tertiary/aromatic N) is 4. The number of ether oxygens (including phenoxy) is 2. The third-order valence-corrected chi connectivity index (χ3v) is 4.83. The first-order valence-electron chi connectivity index (χ1n) is 9.33. The highest BCUT2D eigenvalue weighted by molar-refractivity contribution is 5.76. The van der Waals surface area contributed by atoms with Crippen molar-refractivity contribution >= 4 is 5.91 Å². The lowest BCUT2D eigenvalue weighted by Gasteiger charge is -2.34. The zero-order valence-electron chi connectivity index (χ0n) is 16.4. The second-order valence-corrected chi connectivity index (χ2v) is 6.83. The summed E-state index contributed by atoms with van der Waals surface area (Å²) < 4.78 is 12.8. The van der Waals surface area contributed by atoms with Crippen LogP contribution in [0.1, 0.15) is 11.4 Å². The van der Waals surface area contributed by atoms with Crippen molar-refractivity contribution in [3.63, 3.8) is 0 Å². The maximum atomic E-state index is 12.5. The van der Waals surface area contributed by atoms with Gasteiger partial charge in [-0.25, -0.2) is 0 Å². The van der Waals surface area contributed by atoms with Crippen molar-refractivity contribution < 1.29 is 14.3 Å². The van der Waals surface area contributed by atoms with E-state index in [-0.39, 0.29) is 5.91 Å². The normalized spacial score (nSPS) is 15.0. The average molecular weight is 372 g/mol. The van der Waals surface area contributed by atoms with Crippen molar-refractivity contribution in [2.24, 2.45) is 0 Å². The zero-order chi connectivity index (χ0) is 19.2. The van der Waals surface area contributed by atoms with Crippen molar-refractivity contribution in [3.05, 3.63) is 41.7 Å². The molecule has 146 valence electrons. The Balaban J connectivity index is 1.39. The minimum atomic E-state index is 0.133. The van der Waals surface area contributed by atoms with E-state index >= 15 is 0 Å². The van der Waals surface area contributed by atoms with Crippen LogP contribution in [0.2, 0.25) is 0 Å². The molecule has 1 aromatic carbocycles. The van der Waals surface area contributed by atoms with Gasteiger partial charge in [-0.3, -0.25) is 14.4 Å². The molecule has 1 fully saturated rings. The molecule has 7 nitrogen and oxygen atoms in total. The van der Waals surface area contributed by atoms with Gasteiger partial charge in [-0.1, -0.05) is 6.07 Å². The van der Waals surface area contributed by atoms with Gasteiger partial charge in [0.25, 0.3) is 0 Å². The van der Waals surface area contributed by atoms with E-state index in [0.29, 0.717) is 13.2 Å². The molecule has 0 radical (unpaired) electrons. The highest BCUT2D eigenvalue weighted by Gasteiger charge is 2.21. The van der Waals surface area contributed by atoms with Crippen LogP contribution >= 0.6 is 0 Å². The van der Waals surface area contributed by atoms with Crippen molar-refractivity contribution in [2.75, 3.05) is 46.4 Å². The second kappa shape index (κ2) is 8.90. The second-order valence-electron chi connectivity index (χ2n) is 6.83. The van der Waals surface area contributed by atoms with Gasteiger partial charge in [0.2, 0.25) is 5.91 Å². The van der Waals surface area contributed by atoms with Crippen LogP contribution in [-0.4, -0.2) is 71.9 Å². The fraction of sp³-hybridized carbons (Fsp3) is 0.500. The fourth-order valence-electron chi connectivity index (χ4n) is 3.27. The molecule has 2 aromatic rings. The molecule has 0 bridgehead atoms. The summed E-state index contributed by atoms with van der Waals surface area (Å²) in [5.41, 5.74) is 1.97. The summed E-state index contributed by atoms with van der Waals surface area (Å²) in [6.45, 7) is 8.93. The number of carbonyl (C=O) groups excluding carboxylic acids is 1. The molecule has 1 saturated heterocycles. The molecule has 27 heavy (non-hydrogen) atoms. The molecule has 2 heterocycles. The number of hydrogen-bond acceptors (Lipinski definition) is 5. The Labute approximate surface area is 160 Å². The van der Waals surface area contributed by atoms with E-state index in [9.17, 15) is 4.79 Å². The third kappa shape index (κ3) is 5.23. The number of carbonyl (C=O) groups is 1. The number of methoxy groups -OCH3 is 1. The van der Waals surface area contributed by atoms with E-state index in [0.717, 1.165) is 55.6 Å². The largest absolute Gasteiger partial charge is 0.497 e. The Kier molecular flexibility index (Phi) is 6.34. The van der Waals surface area contributed by atoms with Crippen LogP contribution in [0.3, 0.4) is 0 Å². The van der Waals surface area contributed by atoms with E-state index < -0.39 is 0 Å². The monoisotopic (exact) mass is 372 g/mol. The molecule has 0 saturated carbocycles. The maximum Gasteiger partial charge on any atom is 0.244 e. The van der Waals surface area contributed by atoms with Crippen LogP contribution in [0.15, 0.2) is 30.3 Å². The smallest absolute Gasteiger partial charge is 0.244 e. The van der Waals surface area contributed by atoms with Gasteiger partial charge in [0.15, 0.2) is 0 Å². The summed E-state index contributed by atoms with van der Waals surface area (Å²) in [6.07, 6.45) is 0. The van der Waals surface area contributed by atoms with Crippen LogP contribution in [0.4, 0.5) is 0 Å². The fourth-order valence-corrected chi connectivity index (χ4v) is 3.27. The first kappa shape index (κ1) is 19.2. The van der Waals surface area contributed by atoms with Crippen LogP contribution < -0.4 is 9.47 Å². The number of amides is 1. The SMILES string of the molecule is COc1cccc(OCCN2CCN(C(=O)Cn3nc(C)cc3C)CC2)c1. The van der Waals surface area contributed by atoms with Crippen molar-refractivity contribution in [3.8, 4) is 11.5 Å². The highest BCUT2D eigenvalue weighted by atomic mass is 16.5. The number of benzene rings is 1. The lowest BCUT2D eigenvalue weighted by molar-refractivity contribution is -0.133. The van der Waals surface area contributed by atoms with E-state index in [1.807, 2.05) is 49.1 Å². The Morgan fingerprint density at radius 2 is 1.85 bits per heavy atom. The van der Waals surface area contributed by atoms with Gasteiger partial charge in [0.1, 0.15) is 24.7 Å². The van der Waals surface area contributed by atoms with Crippen LogP contribution in [0.5, 0.6) is 11.5 Å². The summed E-state index contributed by atoms with van der Waals surface area (Å²) in [5.74, 6) is 1.74. The lowest BCUT2D eigenvalue weighted by atomic mass is 10.3. The molecule has 0 unspecified atom stereocenters. The minimum absolute atomic E-state index is 0.133. The predicted octanol–water partition coefficient (Wildman–Crippen LogP) is 1.73. The average Bonchev–Trinajstić information content (AvgIpc) is 2.99. The minimum Gasteiger partial charge on any atom is -0.497 e. The van der Waals surface area contributed by atoms with E-state index in [4.69, 9.17) is 9.47 Å². The number of hydrogen-bond donors (Lipinski definition) is 0. The molecule has 7 heteroatoms. The predicted molar refractivity (Wildman–Crippen MR) is 103 cm³/mol. The molecule has 1 aliphatic heterocycles. The van der Waals surface area contributed by atoms with Crippen LogP contribution in [-0.2, 0) is 11.3 Å². The van der Waals surface area contributed by atoms with E-state index in [2.05, 4.69) is 10.00 Å². The van der Waals surface area contributed by atoms with Crippen molar-refractivity contribution in [1.29, 1.82) is 0 Å². The van der Waals surface area contributed by atoms with Crippen molar-refractivity contribution in [1.82, 2.24) is 19.6 Å². The molecule has 0 spiro atoms. The summed E-state index contributed by atoms with van der Waals surface area (Å²) in [7, 11) is 1.65.